The van der Waals surface area contributed by atoms with Gasteiger partial charge in [0.25, 0.3) is 17.7 Å². The molecule has 0 spiro atoms. The van der Waals surface area contributed by atoms with Gasteiger partial charge in [-0.15, -0.1) is 0 Å². The molecule has 2 aromatic carbocycles. The van der Waals surface area contributed by atoms with E-state index in [9.17, 15) is 18.8 Å². The minimum absolute atomic E-state index is 0.298. The van der Waals surface area contributed by atoms with Crippen LogP contribution in [0.15, 0.2) is 60.7 Å². The number of rotatable bonds is 3. The van der Waals surface area contributed by atoms with Gasteiger partial charge in [-0.2, -0.15) is 0 Å². The van der Waals surface area contributed by atoms with E-state index in [-0.39, 0.29) is 0 Å². The van der Waals surface area contributed by atoms with Crippen molar-refractivity contribution in [2.45, 2.75) is 0 Å². The SMILES string of the molecule is O=C(Nc1cccc(N2C(=O)C=CC2=O)c1)c1ccc([18F])cc1. The van der Waals surface area contributed by atoms with Crippen LogP contribution in [0.5, 0.6) is 0 Å². The second kappa shape index (κ2) is 5.84. The van der Waals surface area contributed by atoms with Gasteiger partial charge in [0, 0.05) is 23.4 Å². The summed E-state index contributed by atoms with van der Waals surface area (Å²) in [6.45, 7) is 0. The molecule has 1 N–H and O–H groups in total. The molecule has 1 aliphatic rings. The molecule has 5 nitrogen and oxygen atoms in total. The van der Waals surface area contributed by atoms with Crippen LogP contribution in [0.3, 0.4) is 0 Å². The van der Waals surface area contributed by atoms with Gasteiger partial charge in [0.05, 0.1) is 5.69 Å². The Morgan fingerprint density at radius 1 is 0.957 bits per heavy atom. The molecule has 0 aromatic heterocycles. The minimum Gasteiger partial charge on any atom is -0.322 e. The Bertz CT molecular complexity index is 810. The van der Waals surface area contributed by atoms with Gasteiger partial charge in [0.2, 0.25) is 0 Å². The van der Waals surface area contributed by atoms with E-state index < -0.39 is 23.5 Å². The maximum atomic E-state index is 12.9. The van der Waals surface area contributed by atoms with Crippen molar-refractivity contribution in [1.82, 2.24) is 0 Å². The summed E-state index contributed by atoms with van der Waals surface area (Å²) in [4.78, 5) is 36.4. The first-order valence-corrected chi connectivity index (χ1v) is 6.78. The molecule has 0 saturated heterocycles. The first-order chi connectivity index (χ1) is 11.0. The maximum Gasteiger partial charge on any atom is 0.258 e. The van der Waals surface area contributed by atoms with Gasteiger partial charge in [-0.25, -0.2) is 9.29 Å². The molecule has 0 unspecified atom stereocenters. The maximum absolute atomic E-state index is 12.9. The molecule has 1 aliphatic heterocycles. The topological polar surface area (TPSA) is 66.5 Å². The number of benzene rings is 2. The Morgan fingerprint density at radius 2 is 1.61 bits per heavy atom. The Labute approximate surface area is 131 Å². The molecular weight excluding hydrogens is 298 g/mol. The van der Waals surface area contributed by atoms with Crippen molar-refractivity contribution in [3.63, 3.8) is 0 Å². The molecule has 23 heavy (non-hydrogen) atoms. The van der Waals surface area contributed by atoms with Gasteiger partial charge < -0.3 is 5.32 Å². The lowest BCUT2D eigenvalue weighted by Gasteiger charge is -2.15. The van der Waals surface area contributed by atoms with Crippen LogP contribution in [0.4, 0.5) is 15.8 Å². The largest absolute Gasteiger partial charge is 0.322 e. The monoisotopic (exact) mass is 309 g/mol. The van der Waals surface area contributed by atoms with Crippen molar-refractivity contribution in [2.75, 3.05) is 10.2 Å². The number of hydrogen-bond donors (Lipinski definition) is 1. The molecule has 0 radical (unpaired) electrons. The molecule has 0 saturated carbocycles. The molecule has 2 aromatic rings. The molecular formula is C17H11FN2O3. The summed E-state index contributed by atoms with van der Waals surface area (Å²) >= 11 is 0. The van der Waals surface area contributed by atoms with Crippen LogP contribution in [0.2, 0.25) is 0 Å². The third-order valence-corrected chi connectivity index (χ3v) is 3.28. The van der Waals surface area contributed by atoms with Crippen LogP contribution < -0.4 is 10.2 Å². The summed E-state index contributed by atoms with van der Waals surface area (Å²) in [5.41, 5.74) is 1.08. The van der Waals surface area contributed by atoms with E-state index in [2.05, 4.69) is 5.32 Å². The predicted molar refractivity (Wildman–Crippen MR) is 82.4 cm³/mol. The quantitative estimate of drug-likeness (QED) is 0.886. The van der Waals surface area contributed by atoms with Crippen molar-refractivity contribution < 1.29 is 18.8 Å². The summed E-state index contributed by atoms with van der Waals surface area (Å²) in [6.07, 6.45) is 2.37. The minimum atomic E-state index is -0.433. The first kappa shape index (κ1) is 14.6. The first-order valence-electron chi connectivity index (χ1n) is 6.78. The zero-order valence-electron chi connectivity index (χ0n) is 11.8. The second-order valence-corrected chi connectivity index (χ2v) is 4.86. The fourth-order valence-electron chi connectivity index (χ4n) is 2.18. The van der Waals surface area contributed by atoms with Crippen LogP contribution in [0, 0.1) is 5.82 Å². The van der Waals surface area contributed by atoms with E-state index in [1.807, 2.05) is 0 Å². The lowest BCUT2D eigenvalue weighted by molar-refractivity contribution is -0.119. The van der Waals surface area contributed by atoms with E-state index in [1.165, 1.54) is 42.5 Å². The second-order valence-electron chi connectivity index (χ2n) is 4.86. The van der Waals surface area contributed by atoms with Crippen molar-refractivity contribution >= 4 is 29.1 Å². The lowest BCUT2D eigenvalue weighted by atomic mass is 10.2. The predicted octanol–water partition coefficient (Wildman–Crippen LogP) is 2.51. The highest BCUT2D eigenvalue weighted by Gasteiger charge is 2.25. The van der Waals surface area contributed by atoms with Gasteiger partial charge in [-0.3, -0.25) is 14.4 Å². The number of nitrogens with one attached hydrogen (secondary N) is 1. The van der Waals surface area contributed by atoms with Crippen molar-refractivity contribution in [3.05, 3.63) is 72.1 Å². The highest BCUT2D eigenvalue weighted by molar-refractivity contribution is 6.28. The molecule has 0 bridgehead atoms. The van der Waals surface area contributed by atoms with E-state index in [0.29, 0.717) is 16.9 Å². The molecule has 3 rings (SSSR count). The van der Waals surface area contributed by atoms with Crippen molar-refractivity contribution in [3.8, 4) is 0 Å². The number of imide groups is 1. The molecule has 0 aliphatic carbocycles. The van der Waals surface area contributed by atoms with Crippen LogP contribution in [-0.4, -0.2) is 17.7 Å². The normalized spacial score (nSPS) is 13.5. The highest BCUT2D eigenvalue weighted by Crippen LogP contribution is 2.23. The zero-order chi connectivity index (χ0) is 16.4. The number of amides is 3. The smallest absolute Gasteiger partial charge is 0.258 e. The van der Waals surface area contributed by atoms with Gasteiger partial charge in [0.15, 0.2) is 0 Å². The average molecular weight is 309 g/mol. The van der Waals surface area contributed by atoms with E-state index in [1.54, 1.807) is 18.2 Å². The Morgan fingerprint density at radius 3 is 2.26 bits per heavy atom. The summed E-state index contributed by atoms with van der Waals surface area (Å²) in [5.74, 6) is -1.71. The van der Waals surface area contributed by atoms with Crippen LogP contribution in [0.25, 0.3) is 0 Å². The third kappa shape index (κ3) is 3.01. The molecule has 3 amide bonds. The third-order valence-electron chi connectivity index (χ3n) is 3.28. The summed E-state index contributed by atoms with van der Waals surface area (Å²) < 4.78 is 12.9. The fourth-order valence-corrected chi connectivity index (χ4v) is 2.18. The summed E-state index contributed by atoms with van der Waals surface area (Å²) in [5, 5.41) is 2.64. The van der Waals surface area contributed by atoms with Crippen LogP contribution >= 0.6 is 0 Å². The van der Waals surface area contributed by atoms with Gasteiger partial charge in [-0.1, -0.05) is 6.07 Å². The summed E-state index contributed by atoms with van der Waals surface area (Å²) in [6, 6.07) is 11.5. The highest BCUT2D eigenvalue weighted by atomic mass is 18.2. The van der Waals surface area contributed by atoms with E-state index in [4.69, 9.17) is 0 Å². The Kier molecular flexibility index (Phi) is 3.72. The van der Waals surface area contributed by atoms with Gasteiger partial charge in [-0.05, 0) is 42.5 Å². The van der Waals surface area contributed by atoms with Crippen LogP contribution in [-0.2, 0) is 9.59 Å². The standard InChI is InChI=1S/C17H11FN2O3/c18-12-6-4-11(5-7-12)17(23)19-13-2-1-3-14(10-13)20-15(21)8-9-16(20)22/h1-10H,(H,19,23)/i18-1. The molecule has 114 valence electrons. The number of carbonyl (C=O) groups is 3. The van der Waals surface area contributed by atoms with E-state index in [0.717, 1.165) is 4.90 Å². The van der Waals surface area contributed by atoms with Crippen LogP contribution in [0.1, 0.15) is 10.4 Å². The number of carbonyl (C=O) groups excluding carboxylic acids is 3. The molecule has 0 fully saturated rings. The van der Waals surface area contributed by atoms with E-state index >= 15 is 0 Å². The zero-order valence-corrected chi connectivity index (χ0v) is 11.8. The molecule has 6 heteroatoms. The number of hydrogen-bond acceptors (Lipinski definition) is 3. The Balaban J connectivity index is 1.80. The number of nitrogens with zero attached hydrogens (tertiary/aromatic N) is 1. The lowest BCUT2D eigenvalue weighted by Crippen LogP contribution is -2.29. The van der Waals surface area contributed by atoms with Gasteiger partial charge >= 0.3 is 0 Å². The van der Waals surface area contributed by atoms with Crippen molar-refractivity contribution in [1.29, 1.82) is 0 Å². The Hall–Kier alpha value is -3.28. The van der Waals surface area contributed by atoms with Gasteiger partial charge in [0.1, 0.15) is 5.82 Å². The molecule has 1 heterocycles. The molecule has 0 atom stereocenters. The summed E-state index contributed by atoms with van der Waals surface area (Å²) in [7, 11) is 0. The van der Waals surface area contributed by atoms with Crippen molar-refractivity contribution in [2.24, 2.45) is 0 Å². The number of halogens is 1. The fraction of sp³-hybridized carbons (Fsp3) is 0. The number of anilines is 2. The average Bonchev–Trinajstić information content (AvgIpc) is 2.87.